The number of fused-ring (bicyclic) bond motifs is 1. The molecule has 0 aliphatic carbocycles. The van der Waals surface area contributed by atoms with Crippen LogP contribution in [0.25, 0.3) is 10.9 Å². The summed E-state index contributed by atoms with van der Waals surface area (Å²) in [4.78, 5) is 22.8. The highest BCUT2D eigenvalue weighted by molar-refractivity contribution is 6.01. The highest BCUT2D eigenvalue weighted by atomic mass is 16.3. The van der Waals surface area contributed by atoms with Gasteiger partial charge in [0, 0.05) is 24.2 Å². The molecular weight excluding hydrogens is 364 g/mol. The Morgan fingerprint density at radius 1 is 1.28 bits per heavy atom. The number of hydrogen-bond acceptors (Lipinski definition) is 4. The highest BCUT2D eigenvalue weighted by Crippen LogP contribution is 2.30. The summed E-state index contributed by atoms with van der Waals surface area (Å²) >= 11 is 0. The number of nitrogens with one attached hydrogen (secondary N) is 2. The number of aryl methyl sites for hydroxylation is 4. The number of aromatic amines is 1. The van der Waals surface area contributed by atoms with E-state index in [0.29, 0.717) is 24.6 Å². The number of aromatic nitrogens is 2. The maximum absolute atomic E-state index is 13.0. The van der Waals surface area contributed by atoms with Gasteiger partial charge in [-0.15, -0.1) is 0 Å². The Bertz CT molecular complexity index is 1080. The van der Waals surface area contributed by atoms with Gasteiger partial charge >= 0.3 is 0 Å². The van der Waals surface area contributed by atoms with Crippen molar-refractivity contribution in [2.45, 2.75) is 53.3 Å². The number of H-pyrrole nitrogens is 1. The number of nitrogens with zero attached hydrogens (tertiary/aromatic N) is 2. The molecule has 1 aliphatic rings. The fourth-order valence-electron chi connectivity index (χ4n) is 3.99. The lowest BCUT2D eigenvalue weighted by atomic mass is 10.0. The monoisotopic (exact) mass is 392 g/mol. The topological polar surface area (TPSA) is 81.2 Å². The maximum atomic E-state index is 13.0. The van der Waals surface area contributed by atoms with E-state index in [1.807, 2.05) is 26.8 Å². The minimum absolute atomic E-state index is 0.141. The molecule has 6 nitrogen and oxygen atoms in total. The highest BCUT2D eigenvalue weighted by Gasteiger charge is 2.38. The summed E-state index contributed by atoms with van der Waals surface area (Å²) in [7, 11) is 0. The second-order valence-corrected chi connectivity index (χ2v) is 8.14. The smallest absolute Gasteiger partial charge is 0.272 e. The summed E-state index contributed by atoms with van der Waals surface area (Å²) in [6.07, 6.45) is -0.458. The molecule has 4 rings (SSSR count). The van der Waals surface area contributed by atoms with Crippen molar-refractivity contribution in [2.75, 3.05) is 11.9 Å². The summed E-state index contributed by atoms with van der Waals surface area (Å²) in [5.41, 5.74) is 7.18. The molecular formula is C23H28N4O2. The van der Waals surface area contributed by atoms with E-state index in [1.54, 1.807) is 4.90 Å². The number of β-amino-alcohol motifs (C(OH)–C–C–N with tert-alkyl or cyclic N) is 1. The SMILES string of the molecule is Cc1cccc(C)c1CNc1nc(C(=O)N2C[C@@H](O)[C@H]2C)cc2c(C)c(C)[nH]c12. The third-order valence-corrected chi connectivity index (χ3v) is 6.29. The van der Waals surface area contributed by atoms with Gasteiger partial charge in [-0.25, -0.2) is 4.98 Å². The fraction of sp³-hybridized carbons (Fsp3) is 0.391. The molecule has 0 spiro atoms. The molecule has 0 radical (unpaired) electrons. The standard InChI is InChI=1S/C23H28N4O2/c1-12-7-6-8-13(2)18(12)10-24-22-21-17(14(3)15(4)25-21)9-19(26-22)23(29)27-11-20(28)16(27)5/h6-9,16,20,25,28H,10-11H2,1-5H3,(H,24,26)/t16-,20-/m1/s1. The van der Waals surface area contributed by atoms with E-state index in [9.17, 15) is 9.90 Å². The first kappa shape index (κ1) is 19.5. The van der Waals surface area contributed by atoms with E-state index in [1.165, 1.54) is 16.7 Å². The van der Waals surface area contributed by atoms with Crippen LogP contribution in [0.4, 0.5) is 5.82 Å². The maximum Gasteiger partial charge on any atom is 0.272 e. The minimum Gasteiger partial charge on any atom is -0.389 e. The van der Waals surface area contributed by atoms with Gasteiger partial charge in [-0.1, -0.05) is 18.2 Å². The zero-order valence-corrected chi connectivity index (χ0v) is 17.6. The van der Waals surface area contributed by atoms with E-state index in [0.717, 1.165) is 22.2 Å². The molecule has 29 heavy (non-hydrogen) atoms. The number of rotatable bonds is 4. The molecule has 0 unspecified atom stereocenters. The molecule has 3 N–H and O–H groups in total. The second-order valence-electron chi connectivity index (χ2n) is 8.14. The molecule has 1 aliphatic heterocycles. The number of pyridine rings is 1. The van der Waals surface area contributed by atoms with E-state index in [4.69, 9.17) is 0 Å². The van der Waals surface area contributed by atoms with Crippen molar-refractivity contribution in [3.05, 3.63) is 57.9 Å². The van der Waals surface area contributed by atoms with Crippen LogP contribution in [0.3, 0.4) is 0 Å². The Morgan fingerprint density at radius 2 is 1.97 bits per heavy atom. The Labute approximate surface area is 171 Å². The Kier molecular flexibility index (Phi) is 4.82. The van der Waals surface area contributed by atoms with E-state index in [-0.39, 0.29) is 11.9 Å². The third-order valence-electron chi connectivity index (χ3n) is 6.29. The summed E-state index contributed by atoms with van der Waals surface area (Å²) in [6, 6.07) is 7.95. The number of likely N-dealkylation sites (tertiary alicyclic amines) is 1. The first-order chi connectivity index (χ1) is 13.8. The lowest BCUT2D eigenvalue weighted by molar-refractivity contribution is -0.0359. The molecule has 6 heteroatoms. The lowest BCUT2D eigenvalue weighted by Crippen LogP contribution is -2.60. The lowest BCUT2D eigenvalue weighted by Gasteiger charge is -2.43. The van der Waals surface area contributed by atoms with Crippen LogP contribution in [0.5, 0.6) is 0 Å². The van der Waals surface area contributed by atoms with Crippen molar-refractivity contribution in [1.29, 1.82) is 0 Å². The van der Waals surface area contributed by atoms with E-state index >= 15 is 0 Å². The largest absolute Gasteiger partial charge is 0.389 e. The number of hydrogen-bond donors (Lipinski definition) is 3. The second kappa shape index (κ2) is 7.19. The van der Waals surface area contributed by atoms with Gasteiger partial charge in [-0.3, -0.25) is 4.79 Å². The van der Waals surface area contributed by atoms with Crippen molar-refractivity contribution < 1.29 is 9.90 Å². The van der Waals surface area contributed by atoms with Crippen molar-refractivity contribution in [3.8, 4) is 0 Å². The van der Waals surface area contributed by atoms with Gasteiger partial charge < -0.3 is 20.3 Å². The van der Waals surface area contributed by atoms with Gasteiger partial charge in [0.05, 0.1) is 17.7 Å². The summed E-state index contributed by atoms with van der Waals surface area (Å²) in [5, 5.41) is 14.2. The van der Waals surface area contributed by atoms with Crippen molar-refractivity contribution in [1.82, 2.24) is 14.9 Å². The summed E-state index contributed by atoms with van der Waals surface area (Å²) in [6.45, 7) is 11.1. The van der Waals surface area contributed by atoms with Gasteiger partial charge in [0.15, 0.2) is 5.82 Å². The Morgan fingerprint density at radius 3 is 2.59 bits per heavy atom. The molecule has 152 valence electrons. The molecule has 1 saturated heterocycles. The number of aliphatic hydroxyl groups is 1. The number of aliphatic hydroxyl groups excluding tert-OH is 1. The minimum atomic E-state index is -0.458. The van der Waals surface area contributed by atoms with Gasteiger partial charge in [-0.05, 0) is 62.9 Å². The number of benzene rings is 1. The zero-order valence-electron chi connectivity index (χ0n) is 17.6. The van der Waals surface area contributed by atoms with E-state index < -0.39 is 6.10 Å². The Balaban J connectivity index is 1.72. The summed E-state index contributed by atoms with van der Waals surface area (Å²) < 4.78 is 0. The van der Waals surface area contributed by atoms with Crippen LogP contribution in [0.15, 0.2) is 24.3 Å². The normalized spacial score (nSPS) is 18.8. The molecule has 0 saturated carbocycles. The predicted molar refractivity (Wildman–Crippen MR) is 115 cm³/mol. The average molecular weight is 393 g/mol. The first-order valence-electron chi connectivity index (χ1n) is 10.1. The van der Waals surface area contributed by atoms with Crippen LogP contribution in [0, 0.1) is 27.7 Å². The molecule has 1 aromatic carbocycles. The van der Waals surface area contributed by atoms with Crippen LogP contribution in [0.2, 0.25) is 0 Å². The van der Waals surface area contributed by atoms with Gasteiger partial charge in [-0.2, -0.15) is 0 Å². The fourth-order valence-corrected chi connectivity index (χ4v) is 3.99. The van der Waals surface area contributed by atoms with E-state index in [2.05, 4.69) is 47.3 Å². The number of carbonyl (C=O) groups excluding carboxylic acids is 1. The van der Waals surface area contributed by atoms with Gasteiger partial charge in [0.1, 0.15) is 5.69 Å². The zero-order chi connectivity index (χ0) is 20.9. The number of amides is 1. The molecule has 3 aromatic rings. The Hall–Kier alpha value is -2.86. The van der Waals surface area contributed by atoms with Crippen LogP contribution in [-0.2, 0) is 6.54 Å². The third kappa shape index (κ3) is 3.27. The molecule has 3 heterocycles. The average Bonchev–Trinajstić information content (AvgIpc) is 2.99. The molecule has 1 fully saturated rings. The van der Waals surface area contributed by atoms with Crippen molar-refractivity contribution in [2.24, 2.45) is 0 Å². The molecule has 0 bridgehead atoms. The number of anilines is 1. The molecule has 1 amide bonds. The van der Waals surface area contributed by atoms with Crippen LogP contribution >= 0.6 is 0 Å². The van der Waals surface area contributed by atoms with Crippen molar-refractivity contribution >= 4 is 22.6 Å². The predicted octanol–water partition coefficient (Wildman–Crippen LogP) is 3.61. The molecule has 2 atom stereocenters. The van der Waals surface area contributed by atoms with Gasteiger partial charge in [0.25, 0.3) is 5.91 Å². The molecule has 2 aromatic heterocycles. The van der Waals surface area contributed by atoms with Crippen LogP contribution in [-0.4, -0.2) is 44.6 Å². The van der Waals surface area contributed by atoms with Crippen molar-refractivity contribution in [3.63, 3.8) is 0 Å². The van der Waals surface area contributed by atoms with Gasteiger partial charge in [0.2, 0.25) is 0 Å². The number of carbonyl (C=O) groups is 1. The summed E-state index contributed by atoms with van der Waals surface area (Å²) in [5.74, 6) is 0.538. The quantitative estimate of drug-likeness (QED) is 0.633. The first-order valence-corrected chi connectivity index (χ1v) is 10.1. The van der Waals surface area contributed by atoms with Crippen LogP contribution < -0.4 is 5.32 Å². The van der Waals surface area contributed by atoms with Crippen LogP contribution in [0.1, 0.15) is 45.4 Å².